The molecule has 0 aliphatic carbocycles. The molecule has 102 valence electrons. The van der Waals surface area contributed by atoms with Gasteiger partial charge in [0.05, 0.1) is 5.70 Å². The number of carbonyl (C=O) groups is 1. The highest BCUT2D eigenvalue weighted by atomic mass is 32.1. The Balaban J connectivity index is 0. The van der Waals surface area contributed by atoms with Gasteiger partial charge in [-0.3, -0.25) is 4.79 Å². The van der Waals surface area contributed by atoms with Crippen LogP contribution in [0.25, 0.3) is 4.91 Å². The fourth-order valence-corrected chi connectivity index (χ4v) is 1.05. The SMILES string of the molecule is CC.COC.N/C(C=O)=C(\S)c1cccc(F)c1. The number of rotatable bonds is 2. The molecule has 1 aromatic rings. The maximum Gasteiger partial charge on any atom is 0.166 e. The predicted molar refractivity (Wildman–Crippen MR) is 76.8 cm³/mol. The third-order valence-electron chi connectivity index (χ3n) is 1.50. The second kappa shape index (κ2) is 12.1. The van der Waals surface area contributed by atoms with E-state index >= 15 is 0 Å². The minimum absolute atomic E-state index is 0.00562. The first-order valence-electron chi connectivity index (χ1n) is 5.36. The highest BCUT2D eigenvalue weighted by Crippen LogP contribution is 2.20. The highest BCUT2D eigenvalue weighted by Gasteiger charge is 2.02. The first-order chi connectivity index (χ1) is 8.56. The Labute approximate surface area is 113 Å². The first kappa shape index (κ1) is 19.0. The van der Waals surface area contributed by atoms with E-state index in [-0.39, 0.29) is 16.4 Å². The highest BCUT2D eigenvalue weighted by molar-refractivity contribution is 7.90. The molecule has 0 radical (unpaired) electrons. The van der Waals surface area contributed by atoms with Crippen molar-refractivity contribution in [2.75, 3.05) is 14.2 Å². The van der Waals surface area contributed by atoms with Gasteiger partial charge in [-0.15, -0.1) is 12.6 Å². The number of ether oxygens (including phenoxy) is 1. The molecule has 18 heavy (non-hydrogen) atoms. The Hall–Kier alpha value is -1.33. The van der Waals surface area contributed by atoms with Crippen LogP contribution in [0.3, 0.4) is 0 Å². The third kappa shape index (κ3) is 7.86. The van der Waals surface area contributed by atoms with E-state index in [0.29, 0.717) is 11.8 Å². The quantitative estimate of drug-likeness (QED) is 0.495. The van der Waals surface area contributed by atoms with Crippen molar-refractivity contribution in [3.05, 3.63) is 41.3 Å². The van der Waals surface area contributed by atoms with Crippen molar-refractivity contribution < 1.29 is 13.9 Å². The van der Waals surface area contributed by atoms with Crippen LogP contribution in [0.1, 0.15) is 19.4 Å². The summed E-state index contributed by atoms with van der Waals surface area (Å²) in [5.74, 6) is -0.386. The van der Waals surface area contributed by atoms with Crippen molar-refractivity contribution >= 4 is 23.8 Å². The van der Waals surface area contributed by atoms with Gasteiger partial charge in [0.2, 0.25) is 0 Å². The summed E-state index contributed by atoms with van der Waals surface area (Å²) in [6, 6.07) is 5.72. The van der Waals surface area contributed by atoms with Gasteiger partial charge in [0, 0.05) is 19.1 Å². The van der Waals surface area contributed by atoms with Crippen LogP contribution in [-0.4, -0.2) is 20.5 Å². The largest absolute Gasteiger partial charge is 0.395 e. The van der Waals surface area contributed by atoms with Crippen LogP contribution in [0, 0.1) is 5.82 Å². The van der Waals surface area contributed by atoms with Gasteiger partial charge in [-0.1, -0.05) is 26.0 Å². The molecule has 0 aliphatic rings. The van der Waals surface area contributed by atoms with Gasteiger partial charge < -0.3 is 10.5 Å². The van der Waals surface area contributed by atoms with Gasteiger partial charge in [-0.2, -0.15) is 0 Å². The first-order valence-corrected chi connectivity index (χ1v) is 5.81. The van der Waals surface area contributed by atoms with Crippen molar-refractivity contribution in [1.82, 2.24) is 0 Å². The molecule has 1 rings (SSSR count). The van der Waals surface area contributed by atoms with Crippen molar-refractivity contribution in [1.29, 1.82) is 0 Å². The smallest absolute Gasteiger partial charge is 0.166 e. The van der Waals surface area contributed by atoms with Crippen LogP contribution in [0.2, 0.25) is 0 Å². The molecule has 1 aromatic carbocycles. The number of aldehydes is 1. The fourth-order valence-electron chi connectivity index (χ4n) is 0.858. The Kier molecular flexibility index (Phi) is 12.8. The lowest BCUT2D eigenvalue weighted by molar-refractivity contribution is -0.104. The Morgan fingerprint density at radius 3 is 2.28 bits per heavy atom. The topological polar surface area (TPSA) is 52.3 Å². The van der Waals surface area contributed by atoms with E-state index < -0.39 is 0 Å². The van der Waals surface area contributed by atoms with Gasteiger partial charge >= 0.3 is 0 Å². The monoisotopic (exact) mass is 273 g/mol. The average molecular weight is 273 g/mol. The molecule has 0 saturated heterocycles. The zero-order valence-corrected chi connectivity index (χ0v) is 12.0. The number of hydrogen-bond acceptors (Lipinski definition) is 4. The Bertz CT molecular complexity index is 381. The normalized spacial score (nSPS) is 10.1. The second-order valence-corrected chi connectivity index (χ2v) is 3.29. The molecule has 0 atom stereocenters. The number of benzene rings is 1. The van der Waals surface area contributed by atoms with Gasteiger partial charge in [0.1, 0.15) is 5.82 Å². The summed E-state index contributed by atoms with van der Waals surface area (Å²) < 4.78 is 17.0. The number of halogens is 1. The standard InChI is InChI=1S/C9H8FNOS.C2H6O.C2H6/c10-7-3-1-2-6(4-7)9(13)8(11)5-12;1-3-2;1-2/h1-5,13H,11H2;1-2H3;1-2H3/b9-8-;;. The molecule has 0 fully saturated rings. The predicted octanol–water partition coefficient (Wildman–Crippen LogP) is 2.87. The van der Waals surface area contributed by atoms with Crippen molar-refractivity contribution in [2.45, 2.75) is 13.8 Å². The van der Waals surface area contributed by atoms with Gasteiger partial charge in [0.25, 0.3) is 0 Å². The summed E-state index contributed by atoms with van der Waals surface area (Å²) in [5, 5.41) is 0. The van der Waals surface area contributed by atoms with Crippen LogP contribution in [0.4, 0.5) is 4.39 Å². The molecule has 0 heterocycles. The molecule has 0 amide bonds. The Morgan fingerprint density at radius 2 is 1.89 bits per heavy atom. The summed E-state index contributed by atoms with van der Waals surface area (Å²) in [7, 11) is 3.25. The number of methoxy groups -OCH3 is 1. The molecule has 0 unspecified atom stereocenters. The zero-order chi connectivity index (χ0) is 14.6. The van der Waals surface area contributed by atoms with Crippen molar-refractivity contribution in [3.63, 3.8) is 0 Å². The van der Waals surface area contributed by atoms with E-state index in [4.69, 9.17) is 5.73 Å². The number of nitrogens with two attached hydrogens (primary N) is 1. The zero-order valence-electron chi connectivity index (χ0n) is 11.1. The lowest BCUT2D eigenvalue weighted by atomic mass is 10.2. The van der Waals surface area contributed by atoms with Crippen LogP contribution < -0.4 is 5.73 Å². The lowest BCUT2D eigenvalue weighted by Crippen LogP contribution is -2.00. The maximum absolute atomic E-state index is 12.7. The van der Waals surface area contributed by atoms with E-state index in [9.17, 15) is 9.18 Å². The second-order valence-electron chi connectivity index (χ2n) is 2.84. The van der Waals surface area contributed by atoms with E-state index in [1.165, 1.54) is 18.2 Å². The van der Waals surface area contributed by atoms with Crippen LogP contribution in [0.5, 0.6) is 0 Å². The third-order valence-corrected chi connectivity index (χ3v) is 2.01. The summed E-state index contributed by atoms with van der Waals surface area (Å²) in [6.45, 7) is 4.00. The van der Waals surface area contributed by atoms with Crippen LogP contribution in [0.15, 0.2) is 30.0 Å². The fraction of sp³-hybridized carbons (Fsp3) is 0.308. The van der Waals surface area contributed by atoms with E-state index in [0.717, 1.165) is 0 Å². The summed E-state index contributed by atoms with van der Waals surface area (Å²) >= 11 is 4.00. The van der Waals surface area contributed by atoms with E-state index in [2.05, 4.69) is 17.4 Å². The number of carbonyl (C=O) groups excluding carboxylic acids is 1. The summed E-state index contributed by atoms with van der Waals surface area (Å²) in [4.78, 5) is 10.6. The van der Waals surface area contributed by atoms with Gasteiger partial charge in [0.15, 0.2) is 6.29 Å². The van der Waals surface area contributed by atoms with E-state index in [1.807, 2.05) is 13.8 Å². The number of allylic oxidation sites excluding steroid dienone is 1. The molecular weight excluding hydrogens is 253 g/mol. The molecule has 0 saturated carbocycles. The molecule has 5 heteroatoms. The van der Waals surface area contributed by atoms with E-state index in [1.54, 1.807) is 20.3 Å². The molecule has 0 bridgehead atoms. The lowest BCUT2D eigenvalue weighted by Gasteiger charge is -2.01. The molecule has 0 aromatic heterocycles. The van der Waals surface area contributed by atoms with Crippen molar-refractivity contribution in [3.8, 4) is 0 Å². The minimum atomic E-state index is -0.386. The molecule has 0 aliphatic heterocycles. The van der Waals surface area contributed by atoms with Crippen molar-refractivity contribution in [2.24, 2.45) is 5.73 Å². The average Bonchev–Trinajstić information content (AvgIpc) is 2.40. The van der Waals surface area contributed by atoms with Gasteiger partial charge in [-0.05, 0) is 17.7 Å². The number of hydrogen-bond donors (Lipinski definition) is 2. The van der Waals surface area contributed by atoms with Gasteiger partial charge in [-0.25, -0.2) is 4.39 Å². The Morgan fingerprint density at radius 1 is 1.39 bits per heavy atom. The molecule has 2 N–H and O–H groups in total. The van der Waals surface area contributed by atoms with Crippen LogP contribution >= 0.6 is 12.6 Å². The van der Waals surface area contributed by atoms with Crippen LogP contribution in [-0.2, 0) is 9.53 Å². The summed E-state index contributed by atoms with van der Waals surface area (Å²) in [6.07, 6.45) is 0.479. The molecule has 0 spiro atoms. The molecule has 3 nitrogen and oxygen atoms in total. The summed E-state index contributed by atoms with van der Waals surface area (Å²) in [5.41, 5.74) is 5.80. The minimum Gasteiger partial charge on any atom is -0.395 e. The molecular formula is C13H20FNO2S. The maximum atomic E-state index is 12.7. The number of thiol groups is 1.